The Balaban J connectivity index is 2.11. The van der Waals surface area contributed by atoms with Crippen LogP contribution in [-0.2, 0) is 4.79 Å². The van der Waals surface area contributed by atoms with Crippen molar-refractivity contribution in [3.05, 3.63) is 29.8 Å². The molecule has 0 spiro atoms. The second-order valence-corrected chi connectivity index (χ2v) is 5.74. The lowest BCUT2D eigenvalue weighted by molar-refractivity contribution is -0.144. The van der Waals surface area contributed by atoms with Crippen LogP contribution in [0.25, 0.3) is 0 Å². The van der Waals surface area contributed by atoms with Gasteiger partial charge in [-0.1, -0.05) is 12.1 Å². The molecular formula is C17H22N2O2. The minimum Gasteiger partial charge on any atom is -0.480 e. The van der Waals surface area contributed by atoms with Crippen LogP contribution < -0.4 is 4.74 Å². The lowest BCUT2D eigenvalue weighted by Crippen LogP contribution is -2.51. The summed E-state index contributed by atoms with van der Waals surface area (Å²) in [4.78, 5) is 14.6. The molecule has 1 aliphatic rings. The van der Waals surface area contributed by atoms with Crippen molar-refractivity contribution in [2.45, 2.75) is 58.2 Å². The van der Waals surface area contributed by atoms with Crippen molar-refractivity contribution in [2.24, 2.45) is 0 Å². The molecule has 1 amide bonds. The number of benzene rings is 1. The van der Waals surface area contributed by atoms with Crippen molar-refractivity contribution in [1.29, 1.82) is 5.26 Å². The Morgan fingerprint density at radius 2 is 1.95 bits per heavy atom. The summed E-state index contributed by atoms with van der Waals surface area (Å²) in [6.07, 6.45) is 2.66. The molecular weight excluding hydrogens is 264 g/mol. The molecule has 1 aromatic carbocycles. The summed E-state index contributed by atoms with van der Waals surface area (Å²) in [5.41, 5.74) is 0.455. The van der Waals surface area contributed by atoms with Crippen LogP contribution in [-0.4, -0.2) is 29.0 Å². The van der Waals surface area contributed by atoms with E-state index in [0.29, 0.717) is 11.3 Å². The first-order valence-corrected chi connectivity index (χ1v) is 7.52. The lowest BCUT2D eigenvalue weighted by atomic mass is 9.97. The van der Waals surface area contributed by atoms with Crippen molar-refractivity contribution in [3.8, 4) is 11.8 Å². The van der Waals surface area contributed by atoms with E-state index in [-0.39, 0.29) is 18.0 Å². The SMILES string of the molecule is C[C@@H]1CCC[C@H](C)N1C(=O)[C@@H](C)Oc1ccccc1C#N. The van der Waals surface area contributed by atoms with Crippen LogP contribution in [0.4, 0.5) is 0 Å². The van der Waals surface area contributed by atoms with Crippen molar-refractivity contribution >= 4 is 5.91 Å². The maximum absolute atomic E-state index is 12.6. The van der Waals surface area contributed by atoms with Crippen molar-refractivity contribution in [3.63, 3.8) is 0 Å². The first kappa shape index (κ1) is 15.4. The summed E-state index contributed by atoms with van der Waals surface area (Å²) in [5.74, 6) is 0.473. The number of carbonyl (C=O) groups is 1. The first-order chi connectivity index (χ1) is 10.0. The molecule has 0 aliphatic carbocycles. The molecule has 0 unspecified atom stereocenters. The second kappa shape index (κ2) is 6.62. The van der Waals surface area contributed by atoms with Crippen LogP contribution >= 0.6 is 0 Å². The minimum absolute atomic E-state index is 0.00226. The zero-order chi connectivity index (χ0) is 15.4. The molecule has 1 fully saturated rings. The van der Waals surface area contributed by atoms with Crippen LogP contribution in [0.3, 0.4) is 0 Å². The molecule has 1 heterocycles. The summed E-state index contributed by atoms with van der Waals surface area (Å²) >= 11 is 0. The summed E-state index contributed by atoms with van der Waals surface area (Å²) < 4.78 is 5.73. The third-order valence-corrected chi connectivity index (χ3v) is 4.11. The van der Waals surface area contributed by atoms with Gasteiger partial charge in [0.15, 0.2) is 6.10 Å². The van der Waals surface area contributed by atoms with Gasteiger partial charge >= 0.3 is 0 Å². The molecule has 2 rings (SSSR count). The number of piperidine rings is 1. The number of ether oxygens (including phenoxy) is 1. The summed E-state index contributed by atoms with van der Waals surface area (Å²) in [6.45, 7) is 5.93. The maximum Gasteiger partial charge on any atom is 0.263 e. The monoisotopic (exact) mass is 286 g/mol. The predicted octanol–water partition coefficient (Wildman–Crippen LogP) is 3.12. The van der Waals surface area contributed by atoms with E-state index in [2.05, 4.69) is 19.9 Å². The van der Waals surface area contributed by atoms with Gasteiger partial charge in [0, 0.05) is 12.1 Å². The van der Waals surface area contributed by atoms with Gasteiger partial charge in [-0.3, -0.25) is 4.79 Å². The quantitative estimate of drug-likeness (QED) is 0.858. The highest BCUT2D eigenvalue weighted by Gasteiger charge is 2.32. The van der Waals surface area contributed by atoms with E-state index in [1.807, 2.05) is 4.90 Å². The van der Waals surface area contributed by atoms with Crippen molar-refractivity contribution in [1.82, 2.24) is 4.90 Å². The van der Waals surface area contributed by atoms with Crippen molar-refractivity contribution in [2.75, 3.05) is 0 Å². The maximum atomic E-state index is 12.6. The average Bonchev–Trinajstić information content (AvgIpc) is 2.47. The van der Waals surface area contributed by atoms with E-state index in [9.17, 15) is 4.79 Å². The highest BCUT2D eigenvalue weighted by atomic mass is 16.5. The van der Waals surface area contributed by atoms with Crippen LogP contribution in [0.5, 0.6) is 5.75 Å². The van der Waals surface area contributed by atoms with Crippen LogP contribution in [0.15, 0.2) is 24.3 Å². The Bertz CT molecular complexity index is 540. The first-order valence-electron chi connectivity index (χ1n) is 7.52. The number of likely N-dealkylation sites (tertiary alicyclic amines) is 1. The molecule has 112 valence electrons. The molecule has 1 saturated heterocycles. The van der Waals surface area contributed by atoms with Gasteiger partial charge in [0.25, 0.3) is 5.91 Å². The fourth-order valence-electron chi connectivity index (χ4n) is 2.97. The van der Waals surface area contributed by atoms with E-state index in [1.54, 1.807) is 31.2 Å². The van der Waals surface area contributed by atoms with E-state index < -0.39 is 6.10 Å². The molecule has 3 atom stereocenters. The Hall–Kier alpha value is -2.02. The number of hydrogen-bond acceptors (Lipinski definition) is 3. The molecule has 0 N–H and O–H groups in total. The van der Waals surface area contributed by atoms with Gasteiger partial charge in [0.05, 0.1) is 5.56 Å². The number of para-hydroxylation sites is 1. The van der Waals surface area contributed by atoms with Gasteiger partial charge in [-0.2, -0.15) is 5.26 Å². The standard InChI is InChI=1S/C17H22N2O2/c1-12-7-6-8-13(2)19(12)17(20)14(3)21-16-10-5-4-9-15(16)11-18/h4-5,9-10,12-14H,6-8H2,1-3H3/t12-,13+,14-/m1/s1. The Kier molecular flexibility index (Phi) is 4.85. The number of hydrogen-bond donors (Lipinski definition) is 0. The average molecular weight is 286 g/mol. The van der Waals surface area contributed by atoms with Crippen LogP contribution in [0.2, 0.25) is 0 Å². The second-order valence-electron chi connectivity index (χ2n) is 5.74. The van der Waals surface area contributed by atoms with E-state index in [4.69, 9.17) is 10.00 Å². The third kappa shape index (κ3) is 3.36. The zero-order valence-electron chi connectivity index (χ0n) is 12.9. The highest BCUT2D eigenvalue weighted by Crippen LogP contribution is 2.25. The molecule has 1 aromatic rings. The fraction of sp³-hybridized carbons (Fsp3) is 0.529. The number of carbonyl (C=O) groups excluding carboxylic acids is 1. The zero-order valence-corrected chi connectivity index (χ0v) is 12.9. The fourth-order valence-corrected chi connectivity index (χ4v) is 2.97. The van der Waals surface area contributed by atoms with Gasteiger partial charge in [-0.05, 0) is 52.2 Å². The van der Waals surface area contributed by atoms with Gasteiger partial charge in [-0.25, -0.2) is 0 Å². The Labute approximate surface area is 126 Å². The van der Waals surface area contributed by atoms with Gasteiger partial charge in [-0.15, -0.1) is 0 Å². The van der Waals surface area contributed by atoms with Crippen LogP contribution in [0, 0.1) is 11.3 Å². The normalized spacial score (nSPS) is 23.2. The molecule has 1 aliphatic heterocycles. The highest BCUT2D eigenvalue weighted by molar-refractivity contribution is 5.81. The molecule has 21 heavy (non-hydrogen) atoms. The number of amides is 1. The van der Waals surface area contributed by atoms with E-state index >= 15 is 0 Å². The largest absolute Gasteiger partial charge is 0.480 e. The number of nitrogens with zero attached hydrogens (tertiary/aromatic N) is 2. The third-order valence-electron chi connectivity index (χ3n) is 4.11. The van der Waals surface area contributed by atoms with Gasteiger partial charge < -0.3 is 9.64 Å². The predicted molar refractivity (Wildman–Crippen MR) is 80.9 cm³/mol. The number of nitriles is 1. The van der Waals surface area contributed by atoms with Crippen molar-refractivity contribution < 1.29 is 9.53 Å². The molecule has 0 radical (unpaired) electrons. The lowest BCUT2D eigenvalue weighted by Gasteiger charge is -2.40. The summed E-state index contributed by atoms with van der Waals surface area (Å²) in [5, 5.41) is 9.08. The summed E-state index contributed by atoms with van der Waals surface area (Å²) in [6, 6.07) is 9.59. The molecule has 4 nitrogen and oxygen atoms in total. The topological polar surface area (TPSA) is 53.3 Å². The molecule has 0 aromatic heterocycles. The van der Waals surface area contributed by atoms with Gasteiger partial charge in [0.1, 0.15) is 11.8 Å². The van der Waals surface area contributed by atoms with Crippen LogP contribution in [0.1, 0.15) is 45.6 Å². The van der Waals surface area contributed by atoms with E-state index in [0.717, 1.165) is 12.8 Å². The summed E-state index contributed by atoms with van der Waals surface area (Å²) in [7, 11) is 0. The molecule has 4 heteroatoms. The molecule has 0 bridgehead atoms. The smallest absolute Gasteiger partial charge is 0.263 e. The minimum atomic E-state index is -0.581. The molecule has 0 saturated carbocycles. The Morgan fingerprint density at radius 3 is 2.57 bits per heavy atom. The van der Waals surface area contributed by atoms with Gasteiger partial charge in [0.2, 0.25) is 0 Å². The Morgan fingerprint density at radius 1 is 1.33 bits per heavy atom. The van der Waals surface area contributed by atoms with E-state index in [1.165, 1.54) is 6.42 Å². The number of rotatable bonds is 3.